The lowest BCUT2D eigenvalue weighted by Gasteiger charge is -2.24. The molecule has 0 saturated heterocycles. The highest BCUT2D eigenvalue weighted by Gasteiger charge is 2.34. The number of rotatable bonds is 21. The lowest BCUT2D eigenvalue weighted by atomic mass is 9.99. The van der Waals surface area contributed by atoms with E-state index in [0.29, 0.717) is 30.0 Å². The van der Waals surface area contributed by atoms with Crippen LogP contribution in [-0.4, -0.2) is 40.1 Å². The quantitative estimate of drug-likeness (QED) is 0.0659. The molecule has 0 saturated carbocycles. The molecule has 46 heavy (non-hydrogen) atoms. The highest BCUT2D eigenvalue weighted by molar-refractivity contribution is 5.81. The Balaban J connectivity index is 1.64. The monoisotopic (exact) mass is 640 g/mol. The molecule has 252 valence electrons. The lowest BCUT2D eigenvalue weighted by molar-refractivity contribution is -0.147. The molecule has 0 aliphatic carbocycles. The zero-order valence-corrected chi connectivity index (χ0v) is 28.0. The first kappa shape index (κ1) is 37.0. The topological polar surface area (TPSA) is 61.3 Å². The number of benzene rings is 2. The van der Waals surface area contributed by atoms with Crippen molar-refractivity contribution in [2.24, 2.45) is 0 Å². The summed E-state index contributed by atoms with van der Waals surface area (Å²) in [6.45, 7) is 6.79. The van der Waals surface area contributed by atoms with Crippen LogP contribution in [-0.2, 0) is 4.79 Å². The number of carbonyl (C=O) groups is 1. The molecule has 0 amide bonds. The van der Waals surface area contributed by atoms with Crippen molar-refractivity contribution in [3.05, 3.63) is 60.9 Å². The van der Waals surface area contributed by atoms with Crippen LogP contribution in [0, 0.1) is 0 Å². The Kier molecular flexibility index (Phi) is 15.5. The van der Waals surface area contributed by atoms with E-state index in [4.69, 9.17) is 9.47 Å². The van der Waals surface area contributed by atoms with E-state index in [2.05, 4.69) is 23.8 Å². The number of hydrogen-bond acceptors (Lipinski definition) is 5. The molecule has 1 aromatic heterocycles. The van der Waals surface area contributed by atoms with Crippen LogP contribution in [0.3, 0.4) is 0 Å². The summed E-state index contributed by atoms with van der Waals surface area (Å²) in [7, 11) is 0. The highest BCUT2D eigenvalue weighted by atomic mass is 19.2. The molecular formula is C38H51F3N2O3. The normalized spacial score (nSPS) is 14.7. The van der Waals surface area contributed by atoms with Crippen molar-refractivity contribution in [3.8, 4) is 34.0 Å². The van der Waals surface area contributed by atoms with Crippen LogP contribution in [0.1, 0.15) is 111 Å². The average molecular weight is 641 g/mol. The minimum Gasteiger partial charge on any atom is -0.487 e. The second-order valence-electron chi connectivity index (χ2n) is 12.4. The number of nitrogens with zero attached hydrogens (tertiary/aromatic N) is 2. The summed E-state index contributed by atoms with van der Waals surface area (Å²) in [5, 5.41) is 0. The largest absolute Gasteiger partial charge is 0.487 e. The molecule has 1 heterocycles. The minimum atomic E-state index is -2.04. The fourth-order valence-corrected chi connectivity index (χ4v) is 5.33. The first-order valence-corrected chi connectivity index (χ1v) is 17.0. The van der Waals surface area contributed by atoms with Gasteiger partial charge in [-0.1, -0.05) is 95.9 Å². The smallest absolute Gasteiger partial charge is 0.348 e. The summed E-state index contributed by atoms with van der Waals surface area (Å²) in [5.74, 6) is 0.168. The molecule has 4 atom stereocenters. The number of aromatic nitrogens is 2. The van der Waals surface area contributed by atoms with Gasteiger partial charge >= 0.3 is 5.97 Å². The molecule has 2 aromatic carbocycles. The number of para-hydroxylation sites is 1. The van der Waals surface area contributed by atoms with Gasteiger partial charge in [0, 0.05) is 18.0 Å². The summed E-state index contributed by atoms with van der Waals surface area (Å²) in [6, 6.07) is 13.9. The standard InChI is InChI=1S/C38H51F3N2O3/c1-5-7-9-11-13-17-25-38(4,41)37(44)45-31-23-21-29(22-24-31)30-26-42-36(43-27-30)32-18-15-16-19-33(32)46-34(35(40)28(3)39)20-14-12-10-8-6-2/h15-16,18-19,21-24,26-28,34-35H,5-14,17,20,25H2,1-4H3. The Labute approximate surface area is 273 Å². The van der Waals surface area contributed by atoms with Crippen molar-refractivity contribution in [2.45, 2.75) is 135 Å². The number of carbonyl (C=O) groups excluding carboxylic acids is 1. The molecule has 5 nitrogen and oxygen atoms in total. The summed E-state index contributed by atoms with van der Waals surface area (Å²) in [6.07, 6.45) is 10.6. The number of hydrogen-bond donors (Lipinski definition) is 0. The Morgan fingerprint density at radius 1 is 0.804 bits per heavy atom. The van der Waals surface area contributed by atoms with Crippen LogP contribution >= 0.6 is 0 Å². The van der Waals surface area contributed by atoms with Crippen LogP contribution in [0.15, 0.2) is 60.9 Å². The Bertz CT molecular complexity index is 1300. The number of alkyl halides is 3. The Hall–Kier alpha value is -3.42. The predicted octanol–water partition coefficient (Wildman–Crippen LogP) is 11.0. The summed E-state index contributed by atoms with van der Waals surface area (Å²) < 4.78 is 55.4. The first-order chi connectivity index (χ1) is 22.2. The van der Waals surface area contributed by atoms with Crippen molar-refractivity contribution in [2.75, 3.05) is 0 Å². The van der Waals surface area contributed by atoms with Gasteiger partial charge in [-0.25, -0.2) is 27.9 Å². The van der Waals surface area contributed by atoms with Crippen LogP contribution in [0.2, 0.25) is 0 Å². The third-order valence-electron chi connectivity index (χ3n) is 8.27. The van der Waals surface area contributed by atoms with E-state index in [1.165, 1.54) is 20.3 Å². The van der Waals surface area contributed by atoms with E-state index < -0.39 is 30.1 Å². The molecule has 0 spiro atoms. The van der Waals surface area contributed by atoms with E-state index in [0.717, 1.165) is 68.9 Å². The molecule has 0 aliphatic rings. The number of esters is 1. The zero-order valence-electron chi connectivity index (χ0n) is 28.0. The summed E-state index contributed by atoms with van der Waals surface area (Å²) in [5.41, 5.74) is 0.0442. The molecule has 0 radical (unpaired) electrons. The Morgan fingerprint density at radius 3 is 2.02 bits per heavy atom. The van der Waals surface area contributed by atoms with Gasteiger partial charge < -0.3 is 9.47 Å². The maximum atomic E-state index is 15.0. The lowest BCUT2D eigenvalue weighted by Crippen LogP contribution is -2.34. The van der Waals surface area contributed by atoms with Crippen LogP contribution in [0.4, 0.5) is 13.2 Å². The molecule has 0 N–H and O–H groups in total. The van der Waals surface area contributed by atoms with Crippen molar-refractivity contribution in [1.82, 2.24) is 9.97 Å². The highest BCUT2D eigenvalue weighted by Crippen LogP contribution is 2.32. The molecule has 0 aliphatic heterocycles. The van der Waals surface area contributed by atoms with Gasteiger partial charge in [-0.3, -0.25) is 0 Å². The molecule has 3 rings (SSSR count). The number of unbranched alkanes of at least 4 members (excludes halogenated alkanes) is 9. The third-order valence-corrected chi connectivity index (χ3v) is 8.27. The van der Waals surface area contributed by atoms with Gasteiger partial charge in [0.25, 0.3) is 0 Å². The van der Waals surface area contributed by atoms with E-state index in [1.54, 1.807) is 54.9 Å². The molecule has 4 unspecified atom stereocenters. The molecule has 3 aromatic rings. The third kappa shape index (κ3) is 11.7. The second-order valence-corrected chi connectivity index (χ2v) is 12.4. The van der Waals surface area contributed by atoms with E-state index in [-0.39, 0.29) is 12.2 Å². The maximum Gasteiger partial charge on any atom is 0.348 e. The number of ether oxygens (including phenoxy) is 2. The van der Waals surface area contributed by atoms with Crippen molar-refractivity contribution in [3.63, 3.8) is 0 Å². The SMILES string of the molecule is CCCCCCCCC(C)(F)C(=O)Oc1ccc(-c2cnc(-c3ccccc3OC(CCCCCCC)C(F)C(C)F)nc2)cc1. The fourth-order valence-electron chi connectivity index (χ4n) is 5.33. The van der Waals surface area contributed by atoms with Crippen LogP contribution < -0.4 is 9.47 Å². The summed E-state index contributed by atoms with van der Waals surface area (Å²) in [4.78, 5) is 21.6. The predicted molar refractivity (Wildman–Crippen MR) is 179 cm³/mol. The van der Waals surface area contributed by atoms with Gasteiger partial charge in [0.05, 0.1) is 5.56 Å². The maximum absolute atomic E-state index is 15.0. The van der Waals surface area contributed by atoms with Crippen molar-refractivity contribution in [1.29, 1.82) is 0 Å². The summed E-state index contributed by atoms with van der Waals surface area (Å²) >= 11 is 0. The van der Waals surface area contributed by atoms with Gasteiger partial charge in [-0.05, 0) is 69.4 Å². The van der Waals surface area contributed by atoms with Gasteiger partial charge in [0.2, 0.25) is 5.67 Å². The van der Waals surface area contributed by atoms with Crippen molar-refractivity contribution >= 4 is 5.97 Å². The van der Waals surface area contributed by atoms with E-state index in [9.17, 15) is 13.6 Å². The van der Waals surface area contributed by atoms with Crippen molar-refractivity contribution < 1.29 is 27.4 Å². The van der Waals surface area contributed by atoms with Crippen LogP contribution in [0.25, 0.3) is 22.5 Å². The minimum absolute atomic E-state index is 0.136. The molecule has 8 heteroatoms. The fraction of sp³-hybridized carbons (Fsp3) is 0.553. The second kappa shape index (κ2) is 19.3. The average Bonchev–Trinajstić information content (AvgIpc) is 3.06. The van der Waals surface area contributed by atoms with E-state index in [1.807, 2.05) is 6.07 Å². The Morgan fingerprint density at radius 2 is 1.39 bits per heavy atom. The molecular weight excluding hydrogens is 589 g/mol. The van der Waals surface area contributed by atoms with Gasteiger partial charge in [-0.15, -0.1) is 0 Å². The number of halogens is 3. The van der Waals surface area contributed by atoms with Gasteiger partial charge in [0.1, 0.15) is 23.8 Å². The first-order valence-electron chi connectivity index (χ1n) is 17.0. The zero-order chi connectivity index (χ0) is 33.4. The molecule has 0 fully saturated rings. The van der Waals surface area contributed by atoms with E-state index >= 15 is 4.39 Å². The van der Waals surface area contributed by atoms with Crippen LogP contribution in [0.5, 0.6) is 11.5 Å². The van der Waals surface area contributed by atoms with Gasteiger partial charge in [-0.2, -0.15) is 0 Å². The van der Waals surface area contributed by atoms with Gasteiger partial charge in [0.15, 0.2) is 12.0 Å². The molecule has 0 bridgehead atoms.